The van der Waals surface area contributed by atoms with E-state index in [0.717, 1.165) is 31.0 Å². The van der Waals surface area contributed by atoms with Gasteiger partial charge in [-0.15, -0.1) is 0 Å². The van der Waals surface area contributed by atoms with E-state index in [1.54, 1.807) is 0 Å². The van der Waals surface area contributed by atoms with Crippen LogP contribution in [0, 0.1) is 11.8 Å². The molecule has 1 fully saturated rings. The minimum atomic E-state index is 0.757. The first-order valence-corrected chi connectivity index (χ1v) is 8.57. The van der Waals surface area contributed by atoms with Crippen molar-refractivity contribution < 1.29 is 0 Å². The van der Waals surface area contributed by atoms with E-state index in [9.17, 15) is 0 Å². The van der Waals surface area contributed by atoms with Crippen LogP contribution in [0.3, 0.4) is 0 Å². The van der Waals surface area contributed by atoms with Crippen molar-refractivity contribution in [2.24, 2.45) is 11.8 Å². The van der Waals surface area contributed by atoms with Crippen LogP contribution < -0.4 is 5.32 Å². The maximum absolute atomic E-state index is 3.78. The zero-order valence-corrected chi connectivity index (χ0v) is 14.5. The molecule has 0 unspecified atom stereocenters. The molecule has 1 saturated carbocycles. The SMILES string of the molecule is CC(C)CN(CCNC1CCC(C)CC1)CCN(C)C. The third kappa shape index (κ3) is 8.23. The van der Waals surface area contributed by atoms with Gasteiger partial charge in [0.2, 0.25) is 0 Å². The summed E-state index contributed by atoms with van der Waals surface area (Å²) in [5.74, 6) is 1.71. The molecule has 0 aromatic rings. The van der Waals surface area contributed by atoms with Gasteiger partial charge in [-0.25, -0.2) is 0 Å². The normalized spacial score (nSPS) is 24.0. The highest BCUT2D eigenvalue weighted by atomic mass is 15.2. The predicted octanol–water partition coefficient (Wildman–Crippen LogP) is 2.67. The van der Waals surface area contributed by atoms with E-state index in [1.807, 2.05) is 0 Å². The molecular formula is C17H37N3. The van der Waals surface area contributed by atoms with Gasteiger partial charge >= 0.3 is 0 Å². The van der Waals surface area contributed by atoms with E-state index in [4.69, 9.17) is 0 Å². The molecule has 1 N–H and O–H groups in total. The highest BCUT2D eigenvalue weighted by Gasteiger charge is 2.17. The van der Waals surface area contributed by atoms with Crippen molar-refractivity contribution in [2.45, 2.75) is 52.5 Å². The van der Waals surface area contributed by atoms with Crippen molar-refractivity contribution >= 4 is 0 Å². The highest BCUT2D eigenvalue weighted by Crippen LogP contribution is 2.23. The van der Waals surface area contributed by atoms with Crippen LogP contribution in [0.15, 0.2) is 0 Å². The maximum atomic E-state index is 3.78. The monoisotopic (exact) mass is 283 g/mol. The second kappa shape index (κ2) is 9.75. The lowest BCUT2D eigenvalue weighted by Gasteiger charge is -2.29. The molecule has 0 heterocycles. The fourth-order valence-electron chi connectivity index (χ4n) is 3.04. The molecule has 0 atom stereocenters. The summed E-state index contributed by atoms with van der Waals surface area (Å²) in [5, 5.41) is 3.78. The minimum Gasteiger partial charge on any atom is -0.313 e. The van der Waals surface area contributed by atoms with Gasteiger partial charge in [-0.3, -0.25) is 0 Å². The lowest BCUT2D eigenvalue weighted by atomic mass is 9.87. The van der Waals surface area contributed by atoms with E-state index in [-0.39, 0.29) is 0 Å². The van der Waals surface area contributed by atoms with E-state index in [1.165, 1.54) is 45.3 Å². The molecule has 1 rings (SSSR count). The van der Waals surface area contributed by atoms with Gasteiger partial charge in [-0.1, -0.05) is 20.8 Å². The van der Waals surface area contributed by atoms with Gasteiger partial charge in [0.25, 0.3) is 0 Å². The zero-order valence-electron chi connectivity index (χ0n) is 14.5. The Bertz CT molecular complexity index is 232. The lowest BCUT2D eigenvalue weighted by Crippen LogP contribution is -2.41. The lowest BCUT2D eigenvalue weighted by molar-refractivity contribution is 0.211. The summed E-state index contributed by atoms with van der Waals surface area (Å²) in [7, 11) is 4.32. The Morgan fingerprint density at radius 1 is 1.00 bits per heavy atom. The van der Waals surface area contributed by atoms with Crippen LogP contribution in [0.4, 0.5) is 0 Å². The van der Waals surface area contributed by atoms with Crippen LogP contribution in [0.25, 0.3) is 0 Å². The van der Waals surface area contributed by atoms with Crippen LogP contribution in [-0.4, -0.2) is 62.7 Å². The van der Waals surface area contributed by atoms with Gasteiger partial charge in [-0.2, -0.15) is 0 Å². The molecule has 0 bridgehead atoms. The van der Waals surface area contributed by atoms with Gasteiger partial charge in [-0.05, 0) is 51.6 Å². The molecule has 20 heavy (non-hydrogen) atoms. The summed E-state index contributed by atoms with van der Waals surface area (Å²) in [4.78, 5) is 4.90. The predicted molar refractivity (Wildman–Crippen MR) is 89.3 cm³/mol. The van der Waals surface area contributed by atoms with Crippen LogP contribution in [0.5, 0.6) is 0 Å². The minimum absolute atomic E-state index is 0.757. The molecule has 0 aliphatic heterocycles. The second-order valence-electron chi connectivity index (χ2n) is 7.41. The zero-order chi connectivity index (χ0) is 15.0. The van der Waals surface area contributed by atoms with Crippen molar-refractivity contribution in [3.8, 4) is 0 Å². The topological polar surface area (TPSA) is 18.5 Å². The Balaban J connectivity index is 2.19. The molecule has 0 radical (unpaired) electrons. The van der Waals surface area contributed by atoms with E-state index < -0.39 is 0 Å². The average molecular weight is 284 g/mol. The Labute approximate surface area is 127 Å². The first kappa shape index (κ1) is 17.9. The molecule has 0 aromatic carbocycles. The number of hydrogen-bond acceptors (Lipinski definition) is 3. The molecule has 0 amide bonds. The first-order chi connectivity index (χ1) is 9.47. The third-order valence-electron chi connectivity index (χ3n) is 4.36. The summed E-state index contributed by atoms with van der Waals surface area (Å²) in [6.07, 6.45) is 5.58. The number of rotatable bonds is 9. The number of hydrogen-bond donors (Lipinski definition) is 1. The Kier molecular flexibility index (Phi) is 8.74. The van der Waals surface area contributed by atoms with Crippen molar-refractivity contribution in [1.82, 2.24) is 15.1 Å². The fraction of sp³-hybridized carbons (Fsp3) is 1.00. The van der Waals surface area contributed by atoms with Crippen molar-refractivity contribution in [2.75, 3.05) is 46.8 Å². The van der Waals surface area contributed by atoms with Gasteiger partial charge in [0, 0.05) is 38.8 Å². The molecular weight excluding hydrogens is 246 g/mol. The Morgan fingerprint density at radius 3 is 2.20 bits per heavy atom. The van der Waals surface area contributed by atoms with Gasteiger partial charge < -0.3 is 15.1 Å². The summed E-state index contributed by atoms with van der Waals surface area (Å²) >= 11 is 0. The van der Waals surface area contributed by atoms with Gasteiger partial charge in [0.1, 0.15) is 0 Å². The number of nitrogens with zero attached hydrogens (tertiary/aromatic N) is 2. The molecule has 0 spiro atoms. The smallest absolute Gasteiger partial charge is 0.0110 e. The third-order valence-corrected chi connectivity index (χ3v) is 4.36. The van der Waals surface area contributed by atoms with Crippen molar-refractivity contribution in [3.05, 3.63) is 0 Å². The van der Waals surface area contributed by atoms with E-state index >= 15 is 0 Å². The summed E-state index contributed by atoms with van der Waals surface area (Å²) in [5.41, 5.74) is 0. The standard InChI is InChI=1S/C17H37N3/c1-15(2)14-20(13-12-19(4)5)11-10-18-17-8-6-16(3)7-9-17/h15-18H,6-14H2,1-5H3. The molecule has 3 heteroatoms. The van der Waals surface area contributed by atoms with E-state index in [0.29, 0.717) is 0 Å². The molecule has 1 aliphatic carbocycles. The quantitative estimate of drug-likeness (QED) is 0.702. The molecule has 1 aliphatic rings. The number of likely N-dealkylation sites (N-methyl/N-ethyl adjacent to an activating group) is 1. The van der Waals surface area contributed by atoms with Gasteiger partial charge in [0.15, 0.2) is 0 Å². The van der Waals surface area contributed by atoms with Crippen LogP contribution in [0.2, 0.25) is 0 Å². The van der Waals surface area contributed by atoms with Crippen molar-refractivity contribution in [3.63, 3.8) is 0 Å². The van der Waals surface area contributed by atoms with Crippen LogP contribution >= 0.6 is 0 Å². The average Bonchev–Trinajstić information content (AvgIpc) is 2.37. The molecule has 0 aromatic heterocycles. The maximum Gasteiger partial charge on any atom is 0.0110 e. The summed E-state index contributed by atoms with van der Waals surface area (Å²) in [6.45, 7) is 12.9. The molecule has 120 valence electrons. The van der Waals surface area contributed by atoms with Gasteiger partial charge in [0.05, 0.1) is 0 Å². The molecule has 3 nitrogen and oxygen atoms in total. The van der Waals surface area contributed by atoms with Crippen LogP contribution in [0.1, 0.15) is 46.5 Å². The van der Waals surface area contributed by atoms with Crippen LogP contribution in [-0.2, 0) is 0 Å². The number of nitrogens with one attached hydrogen (secondary N) is 1. The molecule has 0 saturated heterocycles. The van der Waals surface area contributed by atoms with Crippen molar-refractivity contribution in [1.29, 1.82) is 0 Å². The Hall–Kier alpha value is -0.120. The highest BCUT2D eigenvalue weighted by molar-refractivity contribution is 4.76. The summed E-state index contributed by atoms with van der Waals surface area (Å²) in [6, 6.07) is 0.779. The largest absolute Gasteiger partial charge is 0.313 e. The first-order valence-electron chi connectivity index (χ1n) is 8.57. The Morgan fingerprint density at radius 2 is 1.65 bits per heavy atom. The van der Waals surface area contributed by atoms with E-state index in [2.05, 4.69) is 50.0 Å². The second-order valence-corrected chi connectivity index (χ2v) is 7.41. The summed E-state index contributed by atoms with van der Waals surface area (Å²) < 4.78 is 0. The fourth-order valence-corrected chi connectivity index (χ4v) is 3.04.